The summed E-state index contributed by atoms with van der Waals surface area (Å²) >= 11 is 0. The second kappa shape index (κ2) is 5.64. The van der Waals surface area contributed by atoms with Crippen molar-refractivity contribution in [1.29, 1.82) is 0 Å². The van der Waals surface area contributed by atoms with Crippen LogP contribution in [0.3, 0.4) is 0 Å². The van der Waals surface area contributed by atoms with E-state index in [2.05, 4.69) is 0 Å². The molecule has 1 atom stereocenters. The molecule has 0 aromatic heterocycles. The highest BCUT2D eigenvalue weighted by molar-refractivity contribution is 5.87. The first-order valence-corrected chi connectivity index (χ1v) is 7.36. The average Bonchev–Trinajstić information content (AvgIpc) is 2.55. The maximum Gasteiger partial charge on any atom is 0.314 e. The van der Waals surface area contributed by atoms with Crippen molar-refractivity contribution >= 4 is 16.7 Å². The summed E-state index contributed by atoms with van der Waals surface area (Å²) in [5, 5.41) is 12.0. The summed E-state index contributed by atoms with van der Waals surface area (Å²) in [5.74, 6) is -0.799. The molecule has 3 rings (SSSR count). The summed E-state index contributed by atoms with van der Waals surface area (Å²) in [7, 11) is 0. The second-order valence-electron chi connectivity index (χ2n) is 5.86. The van der Waals surface area contributed by atoms with E-state index in [1.165, 1.54) is 0 Å². The second-order valence-corrected chi connectivity index (χ2v) is 5.86. The van der Waals surface area contributed by atoms with E-state index in [0.717, 1.165) is 21.9 Å². The lowest BCUT2D eigenvalue weighted by molar-refractivity contribution is -0.143. The van der Waals surface area contributed by atoms with Crippen LogP contribution in [0.25, 0.3) is 10.8 Å². The fourth-order valence-electron chi connectivity index (χ4n) is 2.84. The Kier molecular flexibility index (Phi) is 3.68. The first-order valence-electron chi connectivity index (χ1n) is 7.36. The van der Waals surface area contributed by atoms with Crippen LogP contribution in [0.15, 0.2) is 72.8 Å². The molecule has 0 fully saturated rings. The minimum absolute atomic E-state index is 0.474. The molecule has 0 amide bonds. The van der Waals surface area contributed by atoms with E-state index in [4.69, 9.17) is 0 Å². The fraction of sp³-hybridized carbons (Fsp3) is 0.150. The molecule has 0 aliphatic heterocycles. The van der Waals surface area contributed by atoms with Gasteiger partial charge in [-0.2, -0.15) is 0 Å². The van der Waals surface area contributed by atoms with Crippen LogP contribution in [0, 0.1) is 0 Å². The molecule has 1 unspecified atom stereocenters. The number of hydrogen-bond donors (Lipinski definition) is 1. The summed E-state index contributed by atoms with van der Waals surface area (Å²) in [6.07, 6.45) is 0.474. The van der Waals surface area contributed by atoms with E-state index < -0.39 is 11.4 Å². The van der Waals surface area contributed by atoms with Crippen LogP contribution in [0.5, 0.6) is 0 Å². The van der Waals surface area contributed by atoms with Gasteiger partial charge in [-0.15, -0.1) is 0 Å². The molecule has 110 valence electrons. The molecule has 2 heteroatoms. The van der Waals surface area contributed by atoms with Gasteiger partial charge < -0.3 is 5.11 Å². The molecule has 1 N–H and O–H groups in total. The largest absolute Gasteiger partial charge is 0.481 e. The van der Waals surface area contributed by atoms with Gasteiger partial charge in [0.1, 0.15) is 0 Å². The fourth-order valence-corrected chi connectivity index (χ4v) is 2.84. The number of aliphatic carboxylic acids is 1. The van der Waals surface area contributed by atoms with Gasteiger partial charge in [-0.1, -0.05) is 72.8 Å². The van der Waals surface area contributed by atoms with Gasteiger partial charge in [-0.05, 0) is 35.2 Å². The standard InChI is InChI=1S/C20H18O2/c1-20(19(21)22,14-15-7-3-2-4-8-15)18-12-11-16-9-5-6-10-17(16)13-18/h2-13H,14H2,1H3,(H,21,22). The Balaban J connectivity index is 2.07. The van der Waals surface area contributed by atoms with E-state index in [9.17, 15) is 9.90 Å². The zero-order valence-electron chi connectivity index (χ0n) is 12.5. The van der Waals surface area contributed by atoms with Crippen molar-refractivity contribution in [2.45, 2.75) is 18.8 Å². The molecule has 0 heterocycles. The predicted molar refractivity (Wildman–Crippen MR) is 89.1 cm³/mol. The molecule has 22 heavy (non-hydrogen) atoms. The van der Waals surface area contributed by atoms with Crippen molar-refractivity contribution in [3.63, 3.8) is 0 Å². The molecule has 2 nitrogen and oxygen atoms in total. The number of carboxylic acids is 1. The highest BCUT2D eigenvalue weighted by Crippen LogP contribution is 2.31. The topological polar surface area (TPSA) is 37.3 Å². The third-order valence-electron chi connectivity index (χ3n) is 4.26. The Morgan fingerprint density at radius 3 is 2.23 bits per heavy atom. The molecule has 3 aromatic rings. The monoisotopic (exact) mass is 290 g/mol. The summed E-state index contributed by atoms with van der Waals surface area (Å²) in [6, 6.07) is 23.7. The zero-order valence-corrected chi connectivity index (χ0v) is 12.5. The lowest BCUT2D eigenvalue weighted by Gasteiger charge is -2.26. The molecule has 3 aromatic carbocycles. The Morgan fingerprint density at radius 2 is 1.55 bits per heavy atom. The molecule has 0 bridgehead atoms. The van der Waals surface area contributed by atoms with Crippen molar-refractivity contribution < 1.29 is 9.90 Å². The third-order valence-corrected chi connectivity index (χ3v) is 4.26. The highest BCUT2D eigenvalue weighted by atomic mass is 16.4. The van der Waals surface area contributed by atoms with Crippen LogP contribution in [-0.4, -0.2) is 11.1 Å². The van der Waals surface area contributed by atoms with Crippen molar-refractivity contribution in [2.75, 3.05) is 0 Å². The minimum Gasteiger partial charge on any atom is -0.481 e. The van der Waals surface area contributed by atoms with Gasteiger partial charge in [-0.25, -0.2) is 0 Å². The van der Waals surface area contributed by atoms with Crippen LogP contribution in [0.2, 0.25) is 0 Å². The predicted octanol–water partition coefficient (Wildman–Crippen LogP) is 4.42. The molecule has 0 saturated heterocycles. The number of fused-ring (bicyclic) bond motifs is 1. The number of carboxylic acid groups (broad SMARTS) is 1. The third kappa shape index (κ3) is 2.60. The Labute approximate surface area is 130 Å². The molecule has 0 spiro atoms. The van der Waals surface area contributed by atoms with Crippen LogP contribution in [0.4, 0.5) is 0 Å². The van der Waals surface area contributed by atoms with Crippen molar-refractivity contribution in [2.24, 2.45) is 0 Å². The van der Waals surface area contributed by atoms with Gasteiger partial charge in [0.15, 0.2) is 0 Å². The van der Waals surface area contributed by atoms with Crippen molar-refractivity contribution in [3.05, 3.63) is 83.9 Å². The zero-order chi connectivity index (χ0) is 15.6. The van der Waals surface area contributed by atoms with Gasteiger partial charge in [0.05, 0.1) is 5.41 Å². The van der Waals surface area contributed by atoms with Crippen LogP contribution >= 0.6 is 0 Å². The first-order chi connectivity index (χ1) is 10.6. The van der Waals surface area contributed by atoms with Crippen LogP contribution in [-0.2, 0) is 16.6 Å². The van der Waals surface area contributed by atoms with Crippen molar-refractivity contribution in [3.8, 4) is 0 Å². The Bertz CT molecular complexity index is 808. The lowest BCUT2D eigenvalue weighted by Crippen LogP contribution is -2.34. The van der Waals surface area contributed by atoms with Crippen LogP contribution in [0.1, 0.15) is 18.1 Å². The Morgan fingerprint density at radius 1 is 0.909 bits per heavy atom. The molecular weight excluding hydrogens is 272 g/mol. The van der Waals surface area contributed by atoms with Crippen molar-refractivity contribution in [1.82, 2.24) is 0 Å². The van der Waals surface area contributed by atoms with E-state index in [-0.39, 0.29) is 0 Å². The number of rotatable bonds is 4. The first kappa shape index (κ1) is 14.3. The van der Waals surface area contributed by atoms with E-state index >= 15 is 0 Å². The molecule has 0 aliphatic rings. The summed E-state index contributed by atoms with van der Waals surface area (Å²) in [4.78, 5) is 12.0. The number of benzene rings is 3. The highest BCUT2D eigenvalue weighted by Gasteiger charge is 2.35. The van der Waals surface area contributed by atoms with Gasteiger partial charge in [0, 0.05) is 0 Å². The summed E-state index contributed by atoms with van der Waals surface area (Å²) in [5.41, 5.74) is 0.925. The molecule has 0 aliphatic carbocycles. The number of hydrogen-bond acceptors (Lipinski definition) is 1. The van der Waals surface area contributed by atoms with E-state index in [1.807, 2.05) is 72.8 Å². The molecule has 0 saturated carbocycles. The summed E-state index contributed by atoms with van der Waals surface area (Å²) in [6.45, 7) is 1.80. The van der Waals surface area contributed by atoms with E-state index in [1.54, 1.807) is 6.92 Å². The minimum atomic E-state index is -0.939. The van der Waals surface area contributed by atoms with Gasteiger partial charge in [0.2, 0.25) is 0 Å². The normalized spacial score (nSPS) is 13.7. The average molecular weight is 290 g/mol. The molecule has 0 radical (unpaired) electrons. The smallest absolute Gasteiger partial charge is 0.314 e. The van der Waals surface area contributed by atoms with Gasteiger partial charge >= 0.3 is 5.97 Å². The number of carbonyl (C=O) groups is 1. The Hall–Kier alpha value is -2.61. The maximum atomic E-state index is 12.0. The summed E-state index contributed by atoms with van der Waals surface area (Å²) < 4.78 is 0. The lowest BCUT2D eigenvalue weighted by atomic mass is 9.77. The van der Waals surface area contributed by atoms with Gasteiger partial charge in [0.25, 0.3) is 0 Å². The molecular formula is C20H18O2. The maximum absolute atomic E-state index is 12.0. The SMILES string of the molecule is CC(Cc1ccccc1)(C(=O)O)c1ccc2ccccc2c1. The quantitative estimate of drug-likeness (QED) is 0.772. The van der Waals surface area contributed by atoms with E-state index in [0.29, 0.717) is 6.42 Å². The van der Waals surface area contributed by atoms with Crippen LogP contribution < -0.4 is 0 Å². The van der Waals surface area contributed by atoms with Gasteiger partial charge in [-0.3, -0.25) is 4.79 Å².